The Hall–Kier alpha value is -1.63. The molecule has 0 aromatic heterocycles. The van der Waals surface area contributed by atoms with Gasteiger partial charge in [0, 0.05) is 5.69 Å². The van der Waals surface area contributed by atoms with Crippen LogP contribution in [0.5, 0.6) is 0 Å². The molecule has 2 aromatic rings. The van der Waals surface area contributed by atoms with Crippen LogP contribution in [-0.4, -0.2) is 51.0 Å². The number of halogens is 3. The average Bonchev–Trinajstić information content (AvgIpc) is 3.27. The first kappa shape index (κ1) is 26.4. The van der Waals surface area contributed by atoms with E-state index in [0.29, 0.717) is 52.8 Å². The van der Waals surface area contributed by atoms with Crippen molar-refractivity contribution in [1.29, 1.82) is 0 Å². The van der Waals surface area contributed by atoms with Crippen molar-refractivity contribution in [1.82, 2.24) is 0 Å². The van der Waals surface area contributed by atoms with E-state index >= 15 is 4.39 Å². The molecule has 6 nitrogen and oxygen atoms in total. The Balaban J connectivity index is 1.46. The van der Waals surface area contributed by atoms with Crippen LogP contribution in [0.2, 0.25) is 0 Å². The normalized spacial score (nSPS) is 18.5. The van der Waals surface area contributed by atoms with Crippen LogP contribution in [0.3, 0.4) is 0 Å². The first-order chi connectivity index (χ1) is 16.6. The number of amides is 2. The van der Waals surface area contributed by atoms with Crippen molar-refractivity contribution in [2.24, 2.45) is 0 Å². The molecule has 1 saturated heterocycles. The van der Waals surface area contributed by atoms with Gasteiger partial charge in [-0.3, -0.25) is 5.32 Å². The summed E-state index contributed by atoms with van der Waals surface area (Å²) in [4.78, 5) is 34.0. The first-order valence-electron chi connectivity index (χ1n) is 11.6. The number of ether oxygens (including phenoxy) is 1. The minimum atomic E-state index is -0.821. The molecular weight excluding hydrogens is 675 g/mol. The molecule has 192 valence electrons. The molecule has 2 aliphatic rings. The molecule has 1 fully saturated rings. The molecule has 2 heterocycles. The quantitative estimate of drug-likeness (QED) is 0.384. The van der Waals surface area contributed by atoms with Gasteiger partial charge in [-0.1, -0.05) is 0 Å². The van der Waals surface area contributed by atoms with Crippen LogP contribution in [-0.2, 0) is 11.2 Å². The van der Waals surface area contributed by atoms with Crippen LogP contribution in [0, 0.1) is 5.82 Å². The fourth-order valence-corrected chi connectivity index (χ4v) is 14.3. The molecule has 4 rings (SSSR count). The van der Waals surface area contributed by atoms with Crippen molar-refractivity contribution in [3.8, 4) is 0 Å². The van der Waals surface area contributed by atoms with Crippen molar-refractivity contribution < 1.29 is 35.9 Å². The Bertz CT molecular complexity index is 1120. The summed E-state index contributed by atoms with van der Waals surface area (Å²) < 4.78 is 21.3. The second-order valence-corrected chi connectivity index (χ2v) is 29.0. The number of hydrogen-bond acceptors (Lipinski definition) is 4. The second-order valence-electron chi connectivity index (χ2n) is 9.76. The summed E-state index contributed by atoms with van der Waals surface area (Å²) in [6, 6.07) is 10.4. The zero-order valence-corrected chi connectivity index (χ0v) is 25.1. The summed E-state index contributed by atoms with van der Waals surface area (Å²) in [5, 5.41) is 2.72. The molecule has 0 saturated carbocycles. The monoisotopic (exact) mass is 708 g/mol. The fourth-order valence-electron chi connectivity index (χ4n) is 4.45. The van der Waals surface area contributed by atoms with Crippen molar-refractivity contribution in [2.45, 2.75) is 43.1 Å². The molecule has 0 spiro atoms. The third kappa shape index (κ3) is 6.20. The van der Waals surface area contributed by atoms with Gasteiger partial charge in [-0.05, 0) is 20.8 Å². The fraction of sp³-hybridized carbons (Fsp3) is 0.462. The Morgan fingerprint density at radius 1 is 1.20 bits per heavy atom. The van der Waals surface area contributed by atoms with E-state index in [1.807, 2.05) is 18.2 Å². The summed E-state index contributed by atoms with van der Waals surface area (Å²) >= 11 is -0.476. The molecule has 1 atom stereocenters. The third-order valence-corrected chi connectivity index (χ3v) is 24.0. The van der Waals surface area contributed by atoms with Crippen LogP contribution < -0.4 is 32.3 Å². The van der Waals surface area contributed by atoms with Crippen LogP contribution in [0.25, 0.3) is 0 Å². The van der Waals surface area contributed by atoms with Crippen LogP contribution in [0.4, 0.5) is 26.2 Å². The molecule has 2 aromatic carbocycles. The molecular formula is C26H33FI2N3O3-. The van der Waals surface area contributed by atoms with Gasteiger partial charge in [0.25, 0.3) is 0 Å². The van der Waals surface area contributed by atoms with Gasteiger partial charge in [0.1, 0.15) is 5.60 Å². The Kier molecular flexibility index (Phi) is 8.14. The predicted octanol–water partition coefficient (Wildman–Crippen LogP) is 2.72. The molecule has 2 aliphatic heterocycles. The maximum atomic E-state index is 15.2. The van der Waals surface area contributed by atoms with Crippen LogP contribution in [0.1, 0.15) is 43.1 Å². The number of hydrogen-bond donors (Lipinski definition) is 1. The molecule has 0 aliphatic carbocycles. The summed E-state index contributed by atoms with van der Waals surface area (Å²) in [5.74, 6) is -0.419. The van der Waals surface area contributed by atoms with Crippen molar-refractivity contribution >= 4 is 44.9 Å². The SMILES string of the molecule is C[I-]I(C)[C@@H]1CCN(c2ccc(N3CCc4cc(NC(=O)OC(C)(C)C)ccc4C3=O)cc2F)C1. The zero-order chi connectivity index (χ0) is 25.3. The molecule has 1 N–H and O–H groups in total. The van der Waals surface area contributed by atoms with Gasteiger partial charge in [-0.15, -0.1) is 0 Å². The van der Waals surface area contributed by atoms with Crippen molar-refractivity contribution in [3.05, 3.63) is 53.3 Å². The molecule has 0 radical (unpaired) electrons. The van der Waals surface area contributed by atoms with Crippen molar-refractivity contribution in [2.75, 3.05) is 44.6 Å². The van der Waals surface area contributed by atoms with E-state index in [2.05, 4.69) is 20.1 Å². The second kappa shape index (κ2) is 10.8. The summed E-state index contributed by atoms with van der Waals surface area (Å²) in [6.07, 6.45) is 1.27. The molecule has 0 unspecified atom stereocenters. The number of nitrogens with one attached hydrogen (secondary N) is 1. The topological polar surface area (TPSA) is 61.9 Å². The number of carbonyl (C=O) groups is 2. The van der Waals surface area contributed by atoms with Gasteiger partial charge in [0.15, 0.2) is 0 Å². The van der Waals surface area contributed by atoms with E-state index in [1.165, 1.54) is 12.5 Å². The van der Waals surface area contributed by atoms with E-state index in [-0.39, 0.29) is 11.7 Å². The van der Waals surface area contributed by atoms with Gasteiger partial charge in [0.05, 0.1) is 0 Å². The first-order valence-corrected chi connectivity index (χ1v) is 23.5. The number of alkyl halides is 3. The summed E-state index contributed by atoms with van der Waals surface area (Å²) in [6.45, 7) is 7.76. The van der Waals surface area contributed by atoms with Gasteiger partial charge in [-0.25, -0.2) is 4.79 Å². The standard InChI is InChI=1S/C26H33FI2N3O3/c1-26(2,3)35-25(34)30-19-6-8-21-17(14-19)10-13-32(24(21)33)20-7-9-23(22(27)15-20)31-12-11-18(16-31)29(5)28-4/h6-9,14-15,18H,10-13,16H2,1-5H3,(H,30,34)/q-1/t18-/m1/s1. The average molecular weight is 708 g/mol. The minimum absolute atomic E-state index is 0.157. The predicted molar refractivity (Wildman–Crippen MR) is 145 cm³/mol. The maximum absolute atomic E-state index is 15.2. The number of anilines is 3. The van der Waals surface area contributed by atoms with Crippen LogP contribution in [0.15, 0.2) is 36.4 Å². The number of benzene rings is 2. The van der Waals surface area contributed by atoms with Gasteiger partial charge in [-0.2, -0.15) is 0 Å². The number of fused-ring (bicyclic) bond motifs is 1. The Morgan fingerprint density at radius 3 is 2.66 bits per heavy atom. The van der Waals surface area contributed by atoms with E-state index in [0.717, 1.165) is 22.6 Å². The van der Waals surface area contributed by atoms with E-state index in [1.54, 1.807) is 37.8 Å². The van der Waals surface area contributed by atoms with Gasteiger partial charge >= 0.3 is 175 Å². The Morgan fingerprint density at radius 2 is 1.97 bits per heavy atom. The zero-order valence-electron chi connectivity index (χ0n) is 20.8. The molecule has 2 amide bonds. The number of carbonyl (C=O) groups excluding carboxylic acids is 2. The van der Waals surface area contributed by atoms with Crippen molar-refractivity contribution in [3.63, 3.8) is 0 Å². The van der Waals surface area contributed by atoms with E-state index in [4.69, 9.17) is 4.74 Å². The summed E-state index contributed by atoms with van der Waals surface area (Å²) in [5.41, 5.74) is 2.65. The molecule has 0 bridgehead atoms. The third-order valence-electron chi connectivity index (χ3n) is 6.20. The molecule has 9 heteroatoms. The number of nitrogens with zero attached hydrogens (tertiary/aromatic N) is 2. The van der Waals surface area contributed by atoms with Gasteiger partial charge in [0.2, 0.25) is 0 Å². The van der Waals surface area contributed by atoms with E-state index in [9.17, 15) is 9.59 Å². The molecule has 35 heavy (non-hydrogen) atoms. The van der Waals surface area contributed by atoms with E-state index < -0.39 is 27.5 Å². The number of rotatable bonds is 5. The summed E-state index contributed by atoms with van der Waals surface area (Å²) in [7, 11) is 0. The Labute approximate surface area is 220 Å². The van der Waals surface area contributed by atoms with Crippen LogP contribution >= 0.6 is 15.8 Å². The van der Waals surface area contributed by atoms with Gasteiger partial charge < -0.3 is 4.74 Å².